The molecule has 8 heteroatoms. The molecule has 3 amide bonds. The molecule has 2 aromatic carbocycles. The highest BCUT2D eigenvalue weighted by Crippen LogP contribution is 2.18. The van der Waals surface area contributed by atoms with E-state index < -0.39 is 35.9 Å². The number of benzene rings is 2. The van der Waals surface area contributed by atoms with Crippen LogP contribution < -0.4 is 16.4 Å². The van der Waals surface area contributed by atoms with Crippen LogP contribution in [0.2, 0.25) is 0 Å². The fourth-order valence-electron chi connectivity index (χ4n) is 3.00. The Morgan fingerprint density at radius 2 is 1.52 bits per heavy atom. The Morgan fingerprint density at radius 3 is 2.06 bits per heavy atom. The fourth-order valence-corrected chi connectivity index (χ4v) is 3.00. The third kappa shape index (κ3) is 7.04. The number of carbonyl (C=O) groups excluding carboxylic acids is 4. The molecule has 0 unspecified atom stereocenters. The largest absolute Gasteiger partial charge is 0.381 e. The van der Waals surface area contributed by atoms with Gasteiger partial charge in [0.25, 0.3) is 11.8 Å². The number of nitrogens with one attached hydrogen (secondary N) is 2. The number of aliphatic hydroxyl groups excluding tert-OH is 1. The molecule has 0 radical (unpaired) electrons. The molecule has 0 bridgehead atoms. The summed E-state index contributed by atoms with van der Waals surface area (Å²) in [5.74, 6) is -2.23. The van der Waals surface area contributed by atoms with E-state index in [-0.39, 0.29) is 18.6 Å². The Bertz CT molecular complexity index is 902. The maximum absolute atomic E-state index is 12.7. The minimum atomic E-state index is -1.70. The Hall–Kier alpha value is -3.52. The zero-order chi connectivity index (χ0) is 22.8. The smallest absolute Gasteiger partial charge is 0.252 e. The van der Waals surface area contributed by atoms with Gasteiger partial charge in [0.2, 0.25) is 5.91 Å². The number of ketones is 1. The second-order valence-corrected chi connectivity index (χ2v) is 7.07. The van der Waals surface area contributed by atoms with E-state index in [9.17, 15) is 24.3 Å². The molecule has 0 aliphatic carbocycles. The van der Waals surface area contributed by atoms with E-state index in [4.69, 9.17) is 5.73 Å². The molecule has 0 fully saturated rings. The average molecular weight is 425 g/mol. The molecule has 31 heavy (non-hydrogen) atoms. The van der Waals surface area contributed by atoms with E-state index >= 15 is 0 Å². The van der Waals surface area contributed by atoms with Gasteiger partial charge in [-0.2, -0.15) is 0 Å². The average Bonchev–Trinajstić information content (AvgIpc) is 2.80. The third-order valence-corrected chi connectivity index (χ3v) is 4.83. The van der Waals surface area contributed by atoms with Crippen LogP contribution in [0.5, 0.6) is 0 Å². The van der Waals surface area contributed by atoms with Crippen LogP contribution in [0.25, 0.3) is 0 Å². The van der Waals surface area contributed by atoms with Crippen molar-refractivity contribution in [2.75, 3.05) is 0 Å². The number of primary amides is 1. The summed E-state index contributed by atoms with van der Waals surface area (Å²) in [6.45, 7) is 1.70. The molecule has 0 saturated heterocycles. The maximum Gasteiger partial charge on any atom is 0.252 e. The molecule has 0 saturated carbocycles. The van der Waals surface area contributed by atoms with E-state index in [2.05, 4.69) is 10.6 Å². The van der Waals surface area contributed by atoms with Crippen LogP contribution >= 0.6 is 0 Å². The van der Waals surface area contributed by atoms with E-state index in [1.54, 1.807) is 67.6 Å². The van der Waals surface area contributed by atoms with Crippen molar-refractivity contribution in [3.05, 3.63) is 71.8 Å². The summed E-state index contributed by atoms with van der Waals surface area (Å²) in [6.07, 6.45) is -1.28. The van der Waals surface area contributed by atoms with Gasteiger partial charge in [-0.1, -0.05) is 55.5 Å². The number of carbonyl (C=O) groups is 4. The topological polar surface area (TPSA) is 139 Å². The lowest BCUT2D eigenvalue weighted by atomic mass is 9.99. The standard InChI is InChI=1S/C23H27N3O5/c1-2-17(27)13-14-18(21(24)29)25-23(31)20(28)19(15-9-5-3-6-10-15)26-22(30)16-11-7-4-8-12-16/h3-12,18-20,28H,2,13-14H2,1H3,(H2,24,29)(H,25,31)(H,26,30)/t18-,19-,20+/m0/s1. The second kappa shape index (κ2) is 11.6. The van der Waals surface area contributed by atoms with Crippen molar-refractivity contribution in [3.63, 3.8) is 0 Å². The minimum Gasteiger partial charge on any atom is -0.381 e. The summed E-state index contributed by atoms with van der Waals surface area (Å²) in [4.78, 5) is 48.6. The number of hydrogen-bond donors (Lipinski definition) is 4. The Morgan fingerprint density at radius 1 is 0.935 bits per heavy atom. The highest BCUT2D eigenvalue weighted by atomic mass is 16.3. The zero-order valence-corrected chi connectivity index (χ0v) is 17.3. The lowest BCUT2D eigenvalue weighted by Gasteiger charge is -2.25. The molecular formula is C23H27N3O5. The van der Waals surface area contributed by atoms with Crippen molar-refractivity contribution in [2.45, 2.75) is 44.4 Å². The molecule has 0 aliphatic rings. The number of amides is 3. The lowest BCUT2D eigenvalue weighted by Crippen LogP contribution is -2.51. The van der Waals surface area contributed by atoms with Crippen molar-refractivity contribution in [1.82, 2.24) is 10.6 Å². The summed E-state index contributed by atoms with van der Waals surface area (Å²) in [5.41, 5.74) is 6.21. The molecule has 5 N–H and O–H groups in total. The molecule has 0 heterocycles. The first-order chi connectivity index (χ1) is 14.8. The van der Waals surface area contributed by atoms with Crippen LogP contribution in [-0.2, 0) is 14.4 Å². The van der Waals surface area contributed by atoms with Crippen LogP contribution in [0, 0.1) is 0 Å². The molecule has 164 valence electrons. The predicted molar refractivity (Wildman–Crippen MR) is 115 cm³/mol. The van der Waals surface area contributed by atoms with E-state index in [1.165, 1.54) is 0 Å². The number of rotatable bonds is 11. The van der Waals surface area contributed by atoms with E-state index in [0.29, 0.717) is 17.5 Å². The molecular weight excluding hydrogens is 398 g/mol. The number of hydrogen-bond acceptors (Lipinski definition) is 5. The van der Waals surface area contributed by atoms with Gasteiger partial charge < -0.3 is 21.5 Å². The second-order valence-electron chi connectivity index (χ2n) is 7.07. The normalized spacial score (nSPS) is 13.5. The van der Waals surface area contributed by atoms with Crippen molar-refractivity contribution >= 4 is 23.5 Å². The van der Waals surface area contributed by atoms with Gasteiger partial charge in [-0.15, -0.1) is 0 Å². The predicted octanol–water partition coefficient (Wildman–Crippen LogP) is 1.25. The first kappa shape index (κ1) is 23.8. The summed E-state index contributed by atoms with van der Waals surface area (Å²) < 4.78 is 0. The third-order valence-electron chi connectivity index (χ3n) is 4.83. The Kier molecular flexibility index (Phi) is 8.90. The van der Waals surface area contributed by atoms with Crippen molar-refractivity contribution in [3.8, 4) is 0 Å². The van der Waals surface area contributed by atoms with E-state index in [1.807, 2.05) is 0 Å². The minimum absolute atomic E-state index is 0.0346. The Labute approximate surface area is 180 Å². The van der Waals surface area contributed by atoms with Crippen LogP contribution in [0.15, 0.2) is 60.7 Å². The fraction of sp³-hybridized carbons (Fsp3) is 0.304. The van der Waals surface area contributed by atoms with Gasteiger partial charge in [-0.25, -0.2) is 0 Å². The van der Waals surface area contributed by atoms with Gasteiger partial charge in [-0.05, 0) is 24.1 Å². The maximum atomic E-state index is 12.7. The highest BCUT2D eigenvalue weighted by molar-refractivity contribution is 5.95. The van der Waals surface area contributed by atoms with Crippen LogP contribution in [0.4, 0.5) is 0 Å². The first-order valence-electron chi connectivity index (χ1n) is 10.0. The van der Waals surface area contributed by atoms with Crippen LogP contribution in [-0.4, -0.2) is 40.8 Å². The van der Waals surface area contributed by atoms with Gasteiger partial charge in [0, 0.05) is 18.4 Å². The van der Waals surface area contributed by atoms with E-state index in [0.717, 1.165) is 0 Å². The molecule has 0 spiro atoms. The van der Waals surface area contributed by atoms with Gasteiger partial charge in [0.05, 0.1) is 6.04 Å². The quantitative estimate of drug-likeness (QED) is 0.429. The van der Waals surface area contributed by atoms with Gasteiger partial charge >= 0.3 is 0 Å². The molecule has 0 aliphatic heterocycles. The summed E-state index contributed by atoms with van der Waals surface area (Å²) >= 11 is 0. The zero-order valence-electron chi connectivity index (χ0n) is 17.3. The van der Waals surface area contributed by atoms with Crippen LogP contribution in [0.1, 0.15) is 48.1 Å². The van der Waals surface area contributed by atoms with Crippen molar-refractivity contribution in [1.29, 1.82) is 0 Å². The highest BCUT2D eigenvalue weighted by Gasteiger charge is 2.31. The lowest BCUT2D eigenvalue weighted by molar-refractivity contribution is -0.134. The Balaban J connectivity index is 2.18. The molecule has 2 aromatic rings. The summed E-state index contributed by atoms with van der Waals surface area (Å²) in [7, 11) is 0. The molecule has 0 aromatic heterocycles. The summed E-state index contributed by atoms with van der Waals surface area (Å²) in [5, 5.41) is 15.8. The number of aliphatic hydroxyl groups is 1. The SMILES string of the molecule is CCC(=O)CC[C@H](NC(=O)[C@H](O)[C@@H](NC(=O)c1ccccc1)c1ccccc1)C(N)=O. The molecule has 8 nitrogen and oxygen atoms in total. The monoisotopic (exact) mass is 425 g/mol. The van der Waals surface area contributed by atoms with Gasteiger partial charge in [0.1, 0.15) is 11.8 Å². The van der Waals surface area contributed by atoms with Gasteiger partial charge in [-0.3, -0.25) is 19.2 Å². The molecule has 3 atom stereocenters. The first-order valence-corrected chi connectivity index (χ1v) is 10.0. The van der Waals surface area contributed by atoms with Crippen molar-refractivity contribution < 1.29 is 24.3 Å². The molecule has 2 rings (SSSR count). The number of nitrogens with two attached hydrogens (primary N) is 1. The van der Waals surface area contributed by atoms with Gasteiger partial charge in [0.15, 0.2) is 6.10 Å². The van der Waals surface area contributed by atoms with Crippen LogP contribution in [0.3, 0.4) is 0 Å². The van der Waals surface area contributed by atoms with Crippen molar-refractivity contribution in [2.24, 2.45) is 5.73 Å². The number of Topliss-reactive ketones (excluding diaryl/α,β-unsaturated/α-hetero) is 1. The summed E-state index contributed by atoms with van der Waals surface area (Å²) in [6, 6.07) is 14.7.